The highest BCUT2D eigenvalue weighted by Gasteiger charge is 2.53. The van der Waals surface area contributed by atoms with E-state index in [2.05, 4.69) is 6.58 Å². The lowest BCUT2D eigenvalue weighted by molar-refractivity contribution is 0.206. The molecule has 0 N–H and O–H groups in total. The van der Waals surface area contributed by atoms with E-state index in [1.165, 1.54) is 0 Å². The van der Waals surface area contributed by atoms with Crippen molar-refractivity contribution in [3.63, 3.8) is 0 Å². The van der Waals surface area contributed by atoms with Crippen molar-refractivity contribution in [3.05, 3.63) is 66.2 Å². The largest absolute Gasteiger partial charge is 0.494 e. The minimum absolute atomic E-state index is 0.00166. The maximum atomic E-state index is 13.3. The third kappa shape index (κ3) is 3.74. The summed E-state index contributed by atoms with van der Waals surface area (Å²) in [5, 5.41) is 0. The molecule has 2 aromatic carbocycles. The lowest BCUT2D eigenvalue weighted by Gasteiger charge is -2.23. The van der Waals surface area contributed by atoms with Gasteiger partial charge in [0.15, 0.2) is 9.84 Å². The topological polar surface area (TPSA) is 66.9 Å². The summed E-state index contributed by atoms with van der Waals surface area (Å²) in [4.78, 5) is 16.6. The van der Waals surface area contributed by atoms with Crippen molar-refractivity contribution in [2.45, 2.75) is 25.6 Å². The fourth-order valence-electron chi connectivity index (χ4n) is 4.09. The van der Waals surface area contributed by atoms with Crippen molar-refractivity contribution in [2.24, 2.45) is 0 Å². The SMILES string of the molecule is C=Cc1ccc(CN2C(=O)N(c3ccc(OCC)cc3)C3CS(=O)(=O)CC32)cc1. The van der Waals surface area contributed by atoms with Crippen molar-refractivity contribution in [1.82, 2.24) is 4.90 Å². The van der Waals surface area contributed by atoms with Gasteiger partial charge in [0, 0.05) is 12.2 Å². The van der Waals surface area contributed by atoms with E-state index < -0.39 is 9.84 Å². The number of carbonyl (C=O) groups excluding carboxylic acids is 1. The molecule has 2 aromatic rings. The molecule has 2 aliphatic rings. The van der Waals surface area contributed by atoms with E-state index in [4.69, 9.17) is 4.74 Å². The molecule has 2 saturated heterocycles. The number of anilines is 1. The molecule has 0 bridgehead atoms. The monoisotopic (exact) mass is 412 g/mol. The maximum absolute atomic E-state index is 13.3. The molecular weight excluding hydrogens is 388 g/mol. The Morgan fingerprint density at radius 1 is 1.07 bits per heavy atom. The Balaban J connectivity index is 1.64. The fraction of sp³-hybridized carbons (Fsp3) is 0.318. The van der Waals surface area contributed by atoms with Crippen molar-refractivity contribution < 1.29 is 17.9 Å². The smallest absolute Gasteiger partial charge is 0.325 e. The number of ether oxygens (including phenoxy) is 1. The number of rotatable bonds is 6. The average molecular weight is 413 g/mol. The van der Waals surface area contributed by atoms with Crippen LogP contribution in [0.2, 0.25) is 0 Å². The zero-order valence-corrected chi connectivity index (χ0v) is 17.1. The first-order valence-electron chi connectivity index (χ1n) is 9.66. The van der Waals surface area contributed by atoms with E-state index in [1.807, 2.05) is 43.3 Å². The first-order chi connectivity index (χ1) is 13.9. The summed E-state index contributed by atoms with van der Waals surface area (Å²) in [6, 6.07) is 14.1. The summed E-state index contributed by atoms with van der Waals surface area (Å²) in [5.41, 5.74) is 2.65. The molecule has 0 aromatic heterocycles. The number of fused-ring (bicyclic) bond motifs is 1. The van der Waals surface area contributed by atoms with Gasteiger partial charge < -0.3 is 9.64 Å². The van der Waals surface area contributed by atoms with Crippen molar-refractivity contribution in [2.75, 3.05) is 23.0 Å². The number of nitrogens with zero attached hydrogens (tertiary/aromatic N) is 2. The minimum atomic E-state index is -3.20. The Labute approximate surface area is 171 Å². The van der Waals surface area contributed by atoms with Gasteiger partial charge in [-0.15, -0.1) is 0 Å². The van der Waals surface area contributed by atoms with Crippen molar-refractivity contribution in [3.8, 4) is 5.75 Å². The number of benzene rings is 2. The van der Waals surface area contributed by atoms with Crippen molar-refractivity contribution in [1.29, 1.82) is 0 Å². The van der Waals surface area contributed by atoms with Crippen LogP contribution in [-0.4, -0.2) is 49.5 Å². The van der Waals surface area contributed by atoms with Gasteiger partial charge >= 0.3 is 6.03 Å². The Bertz CT molecular complexity index is 1020. The van der Waals surface area contributed by atoms with E-state index in [0.29, 0.717) is 18.8 Å². The molecule has 2 heterocycles. The van der Waals surface area contributed by atoms with E-state index in [9.17, 15) is 13.2 Å². The first kappa shape index (κ1) is 19.5. The molecule has 152 valence electrons. The highest BCUT2D eigenvalue weighted by Crippen LogP contribution is 2.36. The summed E-state index contributed by atoms with van der Waals surface area (Å²) in [5.74, 6) is 0.710. The minimum Gasteiger partial charge on any atom is -0.494 e. The average Bonchev–Trinajstić information content (AvgIpc) is 3.14. The molecular formula is C22H24N2O4S. The van der Waals surface area contributed by atoms with E-state index >= 15 is 0 Å². The highest BCUT2D eigenvalue weighted by molar-refractivity contribution is 7.91. The van der Waals surface area contributed by atoms with Gasteiger partial charge in [-0.3, -0.25) is 4.90 Å². The van der Waals surface area contributed by atoms with Crippen LogP contribution in [0, 0.1) is 0 Å². The number of hydrogen-bond donors (Lipinski definition) is 0. The van der Waals surface area contributed by atoms with Crippen LogP contribution in [-0.2, 0) is 16.4 Å². The number of carbonyl (C=O) groups is 1. The highest BCUT2D eigenvalue weighted by atomic mass is 32.2. The summed E-state index contributed by atoms with van der Waals surface area (Å²) in [6.07, 6.45) is 1.76. The molecule has 4 rings (SSSR count). The van der Waals surface area contributed by atoms with Crippen LogP contribution in [0.3, 0.4) is 0 Å². The van der Waals surface area contributed by atoms with Crippen LogP contribution in [0.5, 0.6) is 5.75 Å². The van der Waals surface area contributed by atoms with Crippen LogP contribution in [0.25, 0.3) is 6.08 Å². The van der Waals surface area contributed by atoms with E-state index in [1.54, 1.807) is 28.0 Å². The Hall–Kier alpha value is -2.80. The second kappa shape index (κ2) is 7.55. The Morgan fingerprint density at radius 3 is 2.34 bits per heavy atom. The van der Waals surface area contributed by atoms with Crippen LogP contribution in [0.1, 0.15) is 18.1 Å². The van der Waals surface area contributed by atoms with Gasteiger partial charge in [0.05, 0.1) is 30.2 Å². The zero-order valence-electron chi connectivity index (χ0n) is 16.3. The third-order valence-electron chi connectivity index (χ3n) is 5.47. The predicted octanol–water partition coefficient (Wildman–Crippen LogP) is 3.34. The van der Waals surface area contributed by atoms with E-state index in [0.717, 1.165) is 16.9 Å². The standard InChI is InChI=1S/C22H24N2O4S/c1-3-16-5-7-17(8-6-16)13-23-20-14-29(26,27)15-21(20)24(22(23)25)18-9-11-19(12-10-18)28-4-2/h3,5-12,20-21H,1,4,13-15H2,2H3. The third-order valence-corrected chi connectivity index (χ3v) is 7.17. The van der Waals surface area contributed by atoms with Gasteiger partial charge in [0.25, 0.3) is 0 Å². The summed E-state index contributed by atoms with van der Waals surface area (Å²) >= 11 is 0. The molecule has 2 atom stereocenters. The summed E-state index contributed by atoms with van der Waals surface area (Å²) < 4.78 is 30.2. The first-order valence-corrected chi connectivity index (χ1v) is 11.5. The number of urea groups is 1. The maximum Gasteiger partial charge on any atom is 0.325 e. The summed E-state index contributed by atoms with van der Waals surface area (Å²) in [7, 11) is -3.20. The molecule has 29 heavy (non-hydrogen) atoms. The molecule has 2 amide bonds. The van der Waals surface area contributed by atoms with Crippen molar-refractivity contribution >= 4 is 27.6 Å². The molecule has 7 heteroatoms. The van der Waals surface area contributed by atoms with Gasteiger partial charge in [0.1, 0.15) is 5.75 Å². The Morgan fingerprint density at radius 2 is 1.72 bits per heavy atom. The predicted molar refractivity (Wildman–Crippen MR) is 114 cm³/mol. The molecule has 0 saturated carbocycles. The molecule has 0 spiro atoms. The second-order valence-electron chi connectivity index (χ2n) is 7.36. The van der Waals surface area contributed by atoms with Crippen LogP contribution in [0.4, 0.5) is 10.5 Å². The second-order valence-corrected chi connectivity index (χ2v) is 9.52. The fourth-order valence-corrected chi connectivity index (χ4v) is 6.04. The molecule has 6 nitrogen and oxygen atoms in total. The van der Waals surface area contributed by atoms with Gasteiger partial charge in [-0.05, 0) is 42.3 Å². The number of hydrogen-bond acceptors (Lipinski definition) is 4. The summed E-state index contributed by atoms with van der Waals surface area (Å²) in [6.45, 7) is 6.59. The number of amides is 2. The van der Waals surface area contributed by atoms with Crippen LogP contribution in [0.15, 0.2) is 55.1 Å². The molecule has 2 unspecified atom stereocenters. The van der Waals surface area contributed by atoms with Gasteiger partial charge in [-0.1, -0.05) is 36.9 Å². The molecule has 2 fully saturated rings. The Kier molecular flexibility index (Phi) is 5.08. The molecule has 2 aliphatic heterocycles. The molecule has 0 aliphatic carbocycles. The lowest BCUT2D eigenvalue weighted by atomic mass is 10.1. The number of sulfone groups is 1. The van der Waals surface area contributed by atoms with Crippen LogP contribution < -0.4 is 9.64 Å². The van der Waals surface area contributed by atoms with Crippen LogP contribution >= 0.6 is 0 Å². The zero-order chi connectivity index (χ0) is 20.6. The molecule has 0 radical (unpaired) electrons. The van der Waals surface area contributed by atoms with Gasteiger partial charge in [-0.2, -0.15) is 0 Å². The normalized spacial score (nSPS) is 22.6. The van der Waals surface area contributed by atoms with Gasteiger partial charge in [0.2, 0.25) is 0 Å². The van der Waals surface area contributed by atoms with Gasteiger partial charge in [-0.25, -0.2) is 13.2 Å². The van der Waals surface area contributed by atoms with E-state index in [-0.39, 0.29) is 29.6 Å². The quantitative estimate of drug-likeness (QED) is 0.683. The lowest BCUT2D eigenvalue weighted by Crippen LogP contribution is -2.37.